The molecule has 2 aromatic heterocycles. The molecule has 10 aromatic carbocycles. The number of para-hydroxylation sites is 1. The van der Waals surface area contributed by atoms with Crippen molar-refractivity contribution in [3.63, 3.8) is 0 Å². The van der Waals surface area contributed by atoms with Crippen molar-refractivity contribution < 1.29 is 0 Å². The van der Waals surface area contributed by atoms with E-state index < -0.39 is 0 Å². The third kappa shape index (κ3) is 5.81. The van der Waals surface area contributed by atoms with Gasteiger partial charge in [0.25, 0.3) is 0 Å². The molecule has 0 unspecified atom stereocenters. The Morgan fingerprint density at radius 1 is 0.318 bits per heavy atom. The van der Waals surface area contributed by atoms with Gasteiger partial charge in [0, 0.05) is 38.3 Å². The normalized spacial score (nSPS) is 12.8. The third-order valence-electron chi connectivity index (χ3n) is 13.9. The predicted molar refractivity (Wildman–Crippen MR) is 274 cm³/mol. The molecule has 0 atom stereocenters. The van der Waals surface area contributed by atoms with Crippen molar-refractivity contribution in [2.45, 2.75) is 19.3 Å². The highest BCUT2D eigenvalue weighted by Gasteiger charge is 2.37. The molecule has 0 fully saturated rings. The van der Waals surface area contributed by atoms with Gasteiger partial charge in [-0.2, -0.15) is 9.97 Å². The van der Waals surface area contributed by atoms with E-state index in [4.69, 9.17) is 15.0 Å². The fourth-order valence-electron chi connectivity index (χ4n) is 10.7. The second-order valence-corrected chi connectivity index (χ2v) is 17.9. The Kier molecular flexibility index (Phi) is 8.53. The summed E-state index contributed by atoms with van der Waals surface area (Å²) in [7, 11) is 0. The highest BCUT2D eigenvalue weighted by Crippen LogP contribution is 2.54. The van der Waals surface area contributed by atoms with Crippen molar-refractivity contribution >= 4 is 43.4 Å². The van der Waals surface area contributed by atoms with Crippen LogP contribution < -0.4 is 0 Å². The molecule has 12 aromatic rings. The summed E-state index contributed by atoms with van der Waals surface area (Å²) in [5.41, 5.74) is 16.0. The maximum atomic E-state index is 5.53. The molecule has 310 valence electrons. The van der Waals surface area contributed by atoms with Gasteiger partial charge >= 0.3 is 0 Å². The van der Waals surface area contributed by atoms with Crippen LogP contribution in [-0.2, 0) is 5.41 Å². The van der Waals surface area contributed by atoms with Crippen LogP contribution in [0, 0.1) is 0 Å². The number of hydrogen-bond donors (Lipinski definition) is 0. The molecule has 13 rings (SSSR count). The minimum Gasteiger partial charge on any atom is -0.277 e. The molecule has 0 bridgehead atoms. The highest BCUT2D eigenvalue weighted by molar-refractivity contribution is 6.33. The SMILES string of the molecule is CC1(C)c2ccccc2-c2c(-c3cccc4c5c6ccccc6c6ccccc6c5n(-c5nc(-c6ccc(-c7ccccc7)cc6)nc(-c6ccc(-c7ccccc7)cc6)n5)c34)cccc21. The van der Waals surface area contributed by atoms with Crippen LogP contribution in [0.15, 0.2) is 218 Å². The van der Waals surface area contributed by atoms with Gasteiger partial charge in [0.1, 0.15) is 0 Å². The van der Waals surface area contributed by atoms with E-state index in [0.29, 0.717) is 17.6 Å². The molecule has 1 aliphatic rings. The predicted octanol–water partition coefficient (Wildman–Crippen LogP) is 15.9. The number of benzene rings is 10. The summed E-state index contributed by atoms with van der Waals surface area (Å²) in [5, 5.41) is 7.06. The van der Waals surface area contributed by atoms with Crippen LogP contribution in [-0.4, -0.2) is 19.5 Å². The summed E-state index contributed by atoms with van der Waals surface area (Å²) in [6.07, 6.45) is 0. The van der Waals surface area contributed by atoms with Crippen LogP contribution in [0.3, 0.4) is 0 Å². The minimum absolute atomic E-state index is 0.154. The maximum Gasteiger partial charge on any atom is 0.238 e. The summed E-state index contributed by atoms with van der Waals surface area (Å²) in [4.78, 5) is 16.4. The van der Waals surface area contributed by atoms with E-state index >= 15 is 0 Å². The summed E-state index contributed by atoms with van der Waals surface area (Å²) in [5.74, 6) is 1.78. The first-order valence-corrected chi connectivity index (χ1v) is 22.7. The van der Waals surface area contributed by atoms with Gasteiger partial charge in [-0.1, -0.05) is 232 Å². The van der Waals surface area contributed by atoms with Gasteiger partial charge in [0.15, 0.2) is 11.6 Å². The largest absolute Gasteiger partial charge is 0.277 e. The van der Waals surface area contributed by atoms with Crippen LogP contribution in [0.25, 0.3) is 117 Å². The van der Waals surface area contributed by atoms with Gasteiger partial charge in [-0.15, -0.1) is 0 Å². The van der Waals surface area contributed by atoms with Crippen molar-refractivity contribution in [3.8, 4) is 73.2 Å². The van der Waals surface area contributed by atoms with Crippen LogP contribution in [0.5, 0.6) is 0 Å². The molecule has 0 aliphatic heterocycles. The average molecular weight is 843 g/mol. The van der Waals surface area contributed by atoms with Gasteiger partial charge in [-0.25, -0.2) is 4.98 Å². The first-order chi connectivity index (χ1) is 32.5. The average Bonchev–Trinajstić information content (AvgIpc) is 3.86. The zero-order chi connectivity index (χ0) is 43.9. The lowest BCUT2D eigenvalue weighted by atomic mass is 9.82. The zero-order valence-electron chi connectivity index (χ0n) is 36.6. The maximum absolute atomic E-state index is 5.53. The molecule has 4 nitrogen and oxygen atoms in total. The third-order valence-corrected chi connectivity index (χ3v) is 13.9. The Morgan fingerprint density at radius 3 is 1.39 bits per heavy atom. The lowest BCUT2D eigenvalue weighted by Gasteiger charge is -2.21. The Hall–Kier alpha value is -8.47. The quantitative estimate of drug-likeness (QED) is 0.157. The highest BCUT2D eigenvalue weighted by atomic mass is 15.2. The molecule has 0 saturated heterocycles. The second kappa shape index (κ2) is 14.8. The summed E-state index contributed by atoms with van der Waals surface area (Å²) < 4.78 is 2.35. The van der Waals surface area contributed by atoms with Crippen LogP contribution >= 0.6 is 0 Å². The molecule has 0 radical (unpaired) electrons. The van der Waals surface area contributed by atoms with Crippen molar-refractivity contribution in [2.75, 3.05) is 0 Å². The first kappa shape index (κ1) is 38.0. The van der Waals surface area contributed by atoms with Gasteiger partial charge in [0.05, 0.1) is 11.0 Å². The molecular weight excluding hydrogens is 801 g/mol. The Morgan fingerprint density at radius 2 is 0.758 bits per heavy atom. The van der Waals surface area contributed by atoms with E-state index in [-0.39, 0.29) is 5.41 Å². The molecule has 0 amide bonds. The molecular formula is C62H42N4. The van der Waals surface area contributed by atoms with Crippen molar-refractivity contribution in [1.29, 1.82) is 0 Å². The minimum atomic E-state index is -0.154. The Bertz CT molecular complexity index is 3770. The Labute approximate surface area is 383 Å². The summed E-state index contributed by atoms with van der Waals surface area (Å²) >= 11 is 0. The van der Waals surface area contributed by atoms with Gasteiger partial charge < -0.3 is 0 Å². The van der Waals surface area contributed by atoms with Crippen molar-refractivity contribution in [3.05, 3.63) is 230 Å². The monoisotopic (exact) mass is 842 g/mol. The standard InChI is InChI=1S/C62H42N4/c1-62(2)53-29-14-13-25-51(53)55-48(26-16-30-54(55)62)50-27-15-28-52-56-47-23-11-9-21-45(47)46-22-10-12-24-49(46)58(56)66(57(50)52)61-64-59(43-35-31-41(32-36-43)39-17-5-3-6-18-39)63-60(65-61)44-37-33-42(34-38-44)40-19-7-4-8-20-40/h3-38H,1-2H3. The van der Waals surface area contributed by atoms with Gasteiger partial charge in [-0.05, 0) is 66.2 Å². The smallest absolute Gasteiger partial charge is 0.238 e. The number of nitrogens with zero attached hydrogens (tertiary/aromatic N) is 4. The topological polar surface area (TPSA) is 43.6 Å². The van der Waals surface area contributed by atoms with Gasteiger partial charge in [-0.3, -0.25) is 4.57 Å². The molecule has 2 heterocycles. The van der Waals surface area contributed by atoms with Crippen molar-refractivity contribution in [2.24, 2.45) is 0 Å². The van der Waals surface area contributed by atoms with Crippen molar-refractivity contribution in [1.82, 2.24) is 19.5 Å². The van der Waals surface area contributed by atoms with Crippen LogP contribution in [0.2, 0.25) is 0 Å². The molecule has 1 aliphatic carbocycles. The zero-order valence-corrected chi connectivity index (χ0v) is 36.6. The lowest BCUT2D eigenvalue weighted by molar-refractivity contribution is 0.660. The number of aromatic nitrogens is 4. The first-order valence-electron chi connectivity index (χ1n) is 22.7. The number of fused-ring (bicyclic) bond motifs is 11. The number of hydrogen-bond acceptors (Lipinski definition) is 3. The van der Waals surface area contributed by atoms with Gasteiger partial charge in [0.2, 0.25) is 5.95 Å². The van der Waals surface area contributed by atoms with E-state index in [1.54, 1.807) is 0 Å². The molecule has 66 heavy (non-hydrogen) atoms. The molecule has 0 spiro atoms. The van der Waals surface area contributed by atoms with E-state index in [1.165, 1.54) is 49.4 Å². The summed E-state index contributed by atoms with van der Waals surface area (Å²) in [6, 6.07) is 78.4. The second-order valence-electron chi connectivity index (χ2n) is 17.9. The fourth-order valence-corrected chi connectivity index (χ4v) is 10.7. The Balaban J connectivity index is 1.14. The molecule has 0 saturated carbocycles. The van der Waals surface area contributed by atoms with E-state index in [0.717, 1.165) is 60.8 Å². The lowest BCUT2D eigenvalue weighted by Crippen LogP contribution is -2.14. The number of rotatable bonds is 6. The van der Waals surface area contributed by atoms with Crippen LogP contribution in [0.4, 0.5) is 0 Å². The van der Waals surface area contributed by atoms with E-state index in [9.17, 15) is 0 Å². The molecule has 4 heteroatoms. The summed E-state index contributed by atoms with van der Waals surface area (Å²) in [6.45, 7) is 4.70. The van der Waals surface area contributed by atoms with Crippen LogP contribution in [0.1, 0.15) is 25.0 Å². The van der Waals surface area contributed by atoms with E-state index in [2.05, 4.69) is 237 Å². The van der Waals surface area contributed by atoms with E-state index in [1.807, 2.05) is 0 Å². The fraction of sp³-hybridized carbons (Fsp3) is 0.0484. The molecule has 0 N–H and O–H groups in total.